The molecule has 2 nitrogen and oxygen atoms in total. The minimum absolute atomic E-state index is 0.0601. The Balaban J connectivity index is 1.75. The molecule has 0 aliphatic carbocycles. The van der Waals surface area contributed by atoms with Crippen LogP contribution in [0.5, 0.6) is 0 Å². The predicted octanol–water partition coefficient (Wildman–Crippen LogP) is 2.89. The van der Waals surface area contributed by atoms with Gasteiger partial charge >= 0.3 is 0 Å². The molecule has 0 saturated carbocycles. The minimum atomic E-state index is -0.0601. The quantitative estimate of drug-likeness (QED) is 0.658. The van der Waals surface area contributed by atoms with E-state index >= 15 is 0 Å². The van der Waals surface area contributed by atoms with Crippen LogP contribution in [-0.2, 0) is 0 Å². The summed E-state index contributed by atoms with van der Waals surface area (Å²) < 4.78 is 0. The fourth-order valence-corrected chi connectivity index (χ4v) is 2.21. The van der Waals surface area contributed by atoms with Crippen LogP contribution in [0.3, 0.4) is 0 Å². The van der Waals surface area contributed by atoms with Crippen molar-refractivity contribution in [2.45, 2.75) is 19.0 Å². The molecular formula is C16H15NO. The van der Waals surface area contributed by atoms with Crippen LogP contribution in [0.1, 0.15) is 27.5 Å². The Morgan fingerprint density at radius 3 is 2.33 bits per heavy atom. The number of hydrogen-bond donors (Lipinski definition) is 1. The lowest BCUT2D eigenvalue weighted by atomic mass is 10.0. The van der Waals surface area contributed by atoms with Crippen molar-refractivity contribution >= 4 is 5.78 Å². The van der Waals surface area contributed by atoms with Crippen molar-refractivity contribution in [1.29, 1.82) is 0 Å². The van der Waals surface area contributed by atoms with Gasteiger partial charge in [0.15, 0.2) is 5.78 Å². The molecule has 1 saturated heterocycles. The van der Waals surface area contributed by atoms with Crippen LogP contribution in [0.2, 0.25) is 0 Å². The average molecular weight is 237 g/mol. The summed E-state index contributed by atoms with van der Waals surface area (Å²) >= 11 is 0. The first-order chi connectivity index (χ1) is 8.75. The van der Waals surface area contributed by atoms with E-state index < -0.39 is 0 Å². The van der Waals surface area contributed by atoms with Crippen molar-refractivity contribution in [1.82, 2.24) is 5.32 Å². The van der Waals surface area contributed by atoms with Gasteiger partial charge in [-0.25, -0.2) is 0 Å². The number of ketones is 1. The largest absolute Gasteiger partial charge is 0.297 e. The zero-order valence-corrected chi connectivity index (χ0v) is 10.3. The summed E-state index contributed by atoms with van der Waals surface area (Å²) in [5.74, 6) is 0.182. The van der Waals surface area contributed by atoms with E-state index in [4.69, 9.17) is 0 Å². The summed E-state index contributed by atoms with van der Waals surface area (Å²) in [5.41, 5.74) is 3.21. The van der Waals surface area contributed by atoms with Crippen LogP contribution in [-0.4, -0.2) is 11.8 Å². The highest BCUT2D eigenvalue weighted by Gasteiger charge is 2.43. The van der Waals surface area contributed by atoms with Gasteiger partial charge in [0.25, 0.3) is 0 Å². The van der Waals surface area contributed by atoms with E-state index in [1.54, 1.807) is 0 Å². The molecule has 3 rings (SSSR count). The van der Waals surface area contributed by atoms with E-state index in [0.717, 1.165) is 5.56 Å². The third-order valence-electron chi connectivity index (χ3n) is 3.36. The summed E-state index contributed by atoms with van der Waals surface area (Å²) in [7, 11) is 0. The number of aryl methyl sites for hydroxylation is 1. The van der Waals surface area contributed by atoms with E-state index in [9.17, 15) is 4.79 Å². The second-order valence-electron chi connectivity index (χ2n) is 4.76. The Bertz CT molecular complexity index is 559. The molecule has 0 spiro atoms. The van der Waals surface area contributed by atoms with E-state index in [1.807, 2.05) is 30.3 Å². The topological polar surface area (TPSA) is 39.0 Å². The van der Waals surface area contributed by atoms with Crippen molar-refractivity contribution in [3.05, 3.63) is 71.3 Å². The smallest absolute Gasteiger partial charge is 0.181 e. The molecule has 1 aliphatic rings. The number of carbonyl (C=O) groups excluding carboxylic acids is 1. The van der Waals surface area contributed by atoms with Gasteiger partial charge in [0.1, 0.15) is 0 Å². The zero-order valence-electron chi connectivity index (χ0n) is 10.3. The maximum atomic E-state index is 12.2. The second kappa shape index (κ2) is 4.39. The highest BCUT2D eigenvalue weighted by atomic mass is 16.1. The van der Waals surface area contributed by atoms with Gasteiger partial charge in [-0.1, -0.05) is 60.2 Å². The van der Waals surface area contributed by atoms with Gasteiger partial charge in [-0.2, -0.15) is 0 Å². The number of Topliss-reactive ketones (excluding diaryl/α,β-unsaturated/α-hetero) is 1. The molecule has 1 heterocycles. The summed E-state index contributed by atoms with van der Waals surface area (Å²) in [6, 6.07) is 17.9. The Morgan fingerprint density at radius 1 is 1.00 bits per heavy atom. The molecule has 0 aromatic heterocycles. The molecular weight excluding hydrogens is 222 g/mol. The van der Waals surface area contributed by atoms with Crippen molar-refractivity contribution in [2.24, 2.45) is 0 Å². The SMILES string of the molecule is Cc1ccc([C@@H]2N[C@@H]2C(=O)c2ccccc2)cc1. The van der Waals surface area contributed by atoms with Crippen molar-refractivity contribution in [3.63, 3.8) is 0 Å². The van der Waals surface area contributed by atoms with E-state index in [2.05, 4.69) is 36.5 Å². The number of nitrogens with one attached hydrogen (secondary N) is 1. The lowest BCUT2D eigenvalue weighted by Gasteiger charge is -1.99. The predicted molar refractivity (Wildman–Crippen MR) is 71.6 cm³/mol. The minimum Gasteiger partial charge on any atom is -0.297 e. The second-order valence-corrected chi connectivity index (χ2v) is 4.76. The van der Waals surface area contributed by atoms with Gasteiger partial charge in [0.05, 0.1) is 12.1 Å². The van der Waals surface area contributed by atoms with E-state index in [-0.39, 0.29) is 17.9 Å². The first-order valence-corrected chi connectivity index (χ1v) is 6.17. The third kappa shape index (κ3) is 2.07. The molecule has 2 heteroatoms. The van der Waals surface area contributed by atoms with Crippen LogP contribution in [0.15, 0.2) is 54.6 Å². The van der Waals surface area contributed by atoms with Gasteiger partial charge in [-0.15, -0.1) is 0 Å². The molecule has 0 amide bonds. The Labute approximate surface area is 107 Å². The normalized spacial score (nSPS) is 21.6. The lowest BCUT2D eigenvalue weighted by molar-refractivity contribution is 0.0988. The third-order valence-corrected chi connectivity index (χ3v) is 3.36. The summed E-state index contributed by atoms with van der Waals surface area (Å²) in [6.07, 6.45) is 0. The molecule has 0 bridgehead atoms. The van der Waals surface area contributed by atoms with Crippen LogP contribution in [0.4, 0.5) is 0 Å². The van der Waals surface area contributed by atoms with Crippen LogP contribution in [0, 0.1) is 6.92 Å². The fraction of sp³-hybridized carbons (Fsp3) is 0.188. The van der Waals surface area contributed by atoms with Crippen LogP contribution in [0.25, 0.3) is 0 Å². The number of rotatable bonds is 3. The zero-order chi connectivity index (χ0) is 12.5. The summed E-state index contributed by atoms with van der Waals surface area (Å²) in [6.45, 7) is 2.07. The molecule has 90 valence electrons. The average Bonchev–Trinajstić information content (AvgIpc) is 3.20. The molecule has 2 atom stereocenters. The molecule has 1 N–H and O–H groups in total. The van der Waals surface area contributed by atoms with Gasteiger partial charge in [-0.05, 0) is 12.5 Å². The molecule has 0 radical (unpaired) electrons. The molecule has 1 aliphatic heterocycles. The summed E-state index contributed by atoms with van der Waals surface area (Å²) in [5, 5.41) is 3.25. The van der Waals surface area contributed by atoms with Gasteiger partial charge in [0.2, 0.25) is 0 Å². The van der Waals surface area contributed by atoms with Gasteiger partial charge in [-0.3, -0.25) is 10.1 Å². The van der Waals surface area contributed by atoms with Crippen LogP contribution >= 0.6 is 0 Å². The molecule has 2 aromatic carbocycles. The maximum absolute atomic E-state index is 12.2. The first-order valence-electron chi connectivity index (χ1n) is 6.17. The van der Waals surface area contributed by atoms with Crippen molar-refractivity contribution in [3.8, 4) is 0 Å². The number of benzene rings is 2. The molecule has 1 fully saturated rings. The standard InChI is InChI=1S/C16H15NO/c1-11-7-9-12(10-8-11)14-15(17-14)16(18)13-5-3-2-4-6-13/h2-10,14-15,17H,1H3/t14-,15-/m0/s1. The van der Waals surface area contributed by atoms with Crippen LogP contribution < -0.4 is 5.32 Å². The highest BCUT2D eigenvalue weighted by Crippen LogP contribution is 2.32. The summed E-state index contributed by atoms with van der Waals surface area (Å²) in [4.78, 5) is 12.2. The maximum Gasteiger partial charge on any atom is 0.181 e. The van der Waals surface area contributed by atoms with Gasteiger partial charge in [0, 0.05) is 5.56 Å². The first kappa shape index (κ1) is 11.2. The number of carbonyl (C=O) groups is 1. The monoisotopic (exact) mass is 237 g/mol. The molecule has 2 aromatic rings. The highest BCUT2D eigenvalue weighted by molar-refractivity contribution is 6.02. The van der Waals surface area contributed by atoms with Crippen molar-refractivity contribution < 1.29 is 4.79 Å². The Kier molecular flexibility index (Phi) is 2.73. The Morgan fingerprint density at radius 2 is 1.67 bits per heavy atom. The molecule has 0 unspecified atom stereocenters. The Hall–Kier alpha value is -1.93. The van der Waals surface area contributed by atoms with E-state index in [1.165, 1.54) is 11.1 Å². The lowest BCUT2D eigenvalue weighted by Crippen LogP contribution is -2.09. The molecule has 18 heavy (non-hydrogen) atoms. The van der Waals surface area contributed by atoms with E-state index in [0.29, 0.717) is 0 Å². The fourth-order valence-electron chi connectivity index (χ4n) is 2.21. The van der Waals surface area contributed by atoms with Gasteiger partial charge < -0.3 is 0 Å². The van der Waals surface area contributed by atoms with Crippen molar-refractivity contribution in [2.75, 3.05) is 0 Å². The number of hydrogen-bond acceptors (Lipinski definition) is 2.